The minimum absolute atomic E-state index is 0.0201. The molecule has 3 heterocycles. The number of hydrogen-bond donors (Lipinski definition) is 1. The van der Waals surface area contributed by atoms with E-state index in [0.717, 1.165) is 12.3 Å². The number of nitriles is 1. The number of alkyl halides is 7. The fourth-order valence-electron chi connectivity index (χ4n) is 4.28. The molecule has 1 aromatic heterocycles. The number of likely N-dealkylation sites (tertiary alicyclic amines) is 1. The molecule has 38 heavy (non-hydrogen) atoms. The minimum atomic E-state index is -5.16. The maximum Gasteiger partial charge on any atom is 0.428 e. The fraction of sp³-hybridized carbons (Fsp3) is 0.375. The molecule has 14 heteroatoms. The SMILES string of the molecule is CC(C)C(=NC#N)N1CC(F)(c2ccc(C3=CC(c4ccc(Cl)c(C(F)(F)F)c4)(C(F)(F)F)ON3)cn2)C1. The first kappa shape index (κ1) is 27.7. The standard InChI is InChI=1S/C24H19ClF7N5O/c1-13(2)20(35-12-33)37-10-21(26,11-37)19-6-3-14(9-34-19)18-8-22(38-36-18,24(30,31)32)15-4-5-17(25)16(7-15)23(27,28)29/h3-9,13,36H,10-11H2,1-2H3. The zero-order valence-corrected chi connectivity index (χ0v) is 20.5. The van der Waals surface area contributed by atoms with E-state index in [9.17, 15) is 26.3 Å². The Morgan fingerprint density at radius 3 is 2.39 bits per heavy atom. The lowest BCUT2D eigenvalue weighted by Gasteiger charge is -2.46. The van der Waals surface area contributed by atoms with Crippen LogP contribution in [0.25, 0.3) is 5.70 Å². The minimum Gasteiger partial charge on any atom is -0.352 e. The lowest BCUT2D eigenvalue weighted by molar-refractivity contribution is -0.269. The van der Waals surface area contributed by atoms with Crippen molar-refractivity contribution in [3.63, 3.8) is 0 Å². The number of hydroxylamine groups is 1. The van der Waals surface area contributed by atoms with Gasteiger partial charge in [0.25, 0.3) is 0 Å². The summed E-state index contributed by atoms with van der Waals surface area (Å²) >= 11 is 5.56. The number of halogens is 8. The molecule has 0 radical (unpaired) electrons. The number of aromatic nitrogens is 1. The fourth-order valence-corrected chi connectivity index (χ4v) is 4.50. The van der Waals surface area contributed by atoms with Crippen LogP contribution in [0.15, 0.2) is 47.6 Å². The molecule has 6 nitrogen and oxygen atoms in total. The zero-order valence-electron chi connectivity index (χ0n) is 19.8. The van der Waals surface area contributed by atoms with E-state index in [1.807, 2.05) is 0 Å². The molecule has 2 aliphatic rings. The van der Waals surface area contributed by atoms with Gasteiger partial charge in [-0.15, -0.1) is 0 Å². The van der Waals surface area contributed by atoms with E-state index in [1.165, 1.54) is 12.1 Å². The molecule has 1 atom stereocenters. The van der Waals surface area contributed by atoms with Crippen LogP contribution in [0.3, 0.4) is 0 Å². The van der Waals surface area contributed by atoms with Gasteiger partial charge in [-0.2, -0.15) is 36.6 Å². The van der Waals surface area contributed by atoms with Crippen molar-refractivity contribution in [2.24, 2.45) is 10.9 Å². The van der Waals surface area contributed by atoms with Crippen LogP contribution in [0.4, 0.5) is 30.7 Å². The molecule has 1 aromatic carbocycles. The van der Waals surface area contributed by atoms with Gasteiger partial charge in [-0.05, 0) is 30.3 Å². The predicted molar refractivity (Wildman–Crippen MR) is 123 cm³/mol. The number of hydrogen-bond acceptors (Lipinski definition) is 5. The smallest absolute Gasteiger partial charge is 0.352 e. The number of rotatable bonds is 4. The summed E-state index contributed by atoms with van der Waals surface area (Å²) in [5.74, 6) is 0.311. The van der Waals surface area contributed by atoms with E-state index in [-0.39, 0.29) is 42.0 Å². The normalized spacial score (nSPS) is 21.6. The van der Waals surface area contributed by atoms with Gasteiger partial charge in [0.05, 0.1) is 35.1 Å². The van der Waals surface area contributed by atoms with Crippen LogP contribution in [0.5, 0.6) is 0 Å². The quantitative estimate of drug-likeness (QED) is 0.211. The third-order valence-corrected chi connectivity index (χ3v) is 6.54. The molecular formula is C24H19ClF7N5O. The van der Waals surface area contributed by atoms with Crippen LogP contribution < -0.4 is 5.48 Å². The second kappa shape index (κ2) is 9.43. The number of pyridine rings is 1. The van der Waals surface area contributed by atoms with E-state index in [1.54, 1.807) is 24.9 Å². The van der Waals surface area contributed by atoms with Gasteiger partial charge in [-0.25, -0.2) is 4.39 Å². The molecule has 1 N–H and O–H groups in total. The Morgan fingerprint density at radius 1 is 1.18 bits per heavy atom. The van der Waals surface area contributed by atoms with Crippen molar-refractivity contribution >= 4 is 23.1 Å². The summed E-state index contributed by atoms with van der Waals surface area (Å²) in [6.45, 7) is 3.39. The number of aliphatic imine (C=N–C) groups is 1. The first-order valence-corrected chi connectivity index (χ1v) is 11.5. The Bertz CT molecular complexity index is 1330. The van der Waals surface area contributed by atoms with Crippen molar-refractivity contribution in [2.45, 2.75) is 37.5 Å². The van der Waals surface area contributed by atoms with Gasteiger partial charge in [0.15, 0.2) is 5.67 Å². The van der Waals surface area contributed by atoms with Crippen LogP contribution >= 0.6 is 11.6 Å². The first-order chi connectivity index (χ1) is 17.6. The van der Waals surface area contributed by atoms with E-state index < -0.39 is 39.8 Å². The van der Waals surface area contributed by atoms with Crippen molar-refractivity contribution < 1.29 is 35.6 Å². The molecule has 202 valence electrons. The van der Waals surface area contributed by atoms with Crippen molar-refractivity contribution in [3.8, 4) is 6.19 Å². The highest BCUT2D eigenvalue weighted by atomic mass is 35.5. The molecule has 0 amide bonds. The van der Waals surface area contributed by atoms with Crippen LogP contribution in [-0.4, -0.2) is 35.0 Å². The van der Waals surface area contributed by atoms with Gasteiger partial charge >= 0.3 is 12.4 Å². The van der Waals surface area contributed by atoms with Crippen molar-refractivity contribution in [2.75, 3.05) is 13.1 Å². The number of benzene rings is 1. The topological polar surface area (TPSA) is 73.5 Å². The predicted octanol–water partition coefficient (Wildman–Crippen LogP) is 6.10. The van der Waals surface area contributed by atoms with Crippen LogP contribution in [0.1, 0.15) is 36.2 Å². The Balaban J connectivity index is 1.62. The first-order valence-electron chi connectivity index (χ1n) is 11.1. The molecule has 2 aromatic rings. The van der Waals surface area contributed by atoms with Crippen LogP contribution in [0, 0.1) is 17.4 Å². The largest absolute Gasteiger partial charge is 0.428 e. The summed E-state index contributed by atoms with van der Waals surface area (Å²) in [5.41, 5.74) is -5.42. The van der Waals surface area contributed by atoms with Crippen LogP contribution in [0.2, 0.25) is 5.02 Å². The highest BCUT2D eigenvalue weighted by Gasteiger charge is 2.60. The monoisotopic (exact) mass is 561 g/mol. The maximum atomic E-state index is 15.4. The lowest BCUT2D eigenvalue weighted by atomic mass is 9.89. The van der Waals surface area contributed by atoms with Gasteiger partial charge < -0.3 is 4.90 Å². The molecule has 1 unspecified atom stereocenters. The Morgan fingerprint density at radius 2 is 1.87 bits per heavy atom. The van der Waals surface area contributed by atoms with E-state index in [4.69, 9.17) is 21.7 Å². The van der Waals surface area contributed by atoms with Gasteiger partial charge in [0, 0.05) is 23.2 Å². The van der Waals surface area contributed by atoms with E-state index in [2.05, 4.69) is 15.5 Å². The molecular weight excluding hydrogens is 543 g/mol. The number of nitrogens with zero attached hydrogens (tertiary/aromatic N) is 4. The summed E-state index contributed by atoms with van der Waals surface area (Å²) in [6, 6.07) is 4.41. The summed E-state index contributed by atoms with van der Waals surface area (Å²) in [4.78, 5) is 14.2. The Hall–Kier alpha value is -3.37. The zero-order chi connectivity index (χ0) is 28.1. The summed E-state index contributed by atoms with van der Waals surface area (Å²) in [6.07, 6.45) is -6.75. The summed E-state index contributed by atoms with van der Waals surface area (Å²) < 4.78 is 97.8. The van der Waals surface area contributed by atoms with Gasteiger partial charge in [-0.3, -0.25) is 15.3 Å². The number of amidine groups is 1. The molecule has 1 saturated heterocycles. The van der Waals surface area contributed by atoms with Gasteiger partial charge in [0.2, 0.25) is 11.8 Å². The Kier molecular flexibility index (Phi) is 6.86. The molecule has 0 aliphatic carbocycles. The molecule has 1 fully saturated rings. The van der Waals surface area contributed by atoms with E-state index >= 15 is 4.39 Å². The van der Waals surface area contributed by atoms with Crippen molar-refractivity contribution in [3.05, 3.63) is 70.0 Å². The van der Waals surface area contributed by atoms with Crippen molar-refractivity contribution in [1.82, 2.24) is 15.4 Å². The highest BCUT2D eigenvalue weighted by molar-refractivity contribution is 6.31. The number of nitrogens with one attached hydrogen (secondary N) is 1. The average molecular weight is 562 g/mol. The molecule has 2 aliphatic heterocycles. The molecule has 4 rings (SSSR count). The molecule has 0 bridgehead atoms. The second-order valence-electron chi connectivity index (χ2n) is 9.17. The van der Waals surface area contributed by atoms with Gasteiger partial charge in [0.1, 0.15) is 5.84 Å². The molecule has 0 spiro atoms. The second-order valence-corrected chi connectivity index (χ2v) is 9.57. The Labute approximate surface area is 217 Å². The lowest BCUT2D eigenvalue weighted by Crippen LogP contribution is -2.60. The van der Waals surface area contributed by atoms with Crippen molar-refractivity contribution in [1.29, 1.82) is 5.26 Å². The maximum absolute atomic E-state index is 15.4. The summed E-state index contributed by atoms with van der Waals surface area (Å²) in [5, 5.41) is 8.08. The summed E-state index contributed by atoms with van der Waals surface area (Å²) in [7, 11) is 0. The molecule has 0 saturated carbocycles. The third-order valence-electron chi connectivity index (χ3n) is 6.21. The average Bonchev–Trinajstić information content (AvgIpc) is 3.27. The highest BCUT2D eigenvalue weighted by Crippen LogP contribution is 2.49. The third kappa shape index (κ3) is 4.78. The van der Waals surface area contributed by atoms with Gasteiger partial charge in [-0.1, -0.05) is 31.5 Å². The van der Waals surface area contributed by atoms with E-state index in [0.29, 0.717) is 18.0 Å². The van der Waals surface area contributed by atoms with Crippen LogP contribution in [-0.2, 0) is 22.3 Å².